The monoisotopic (exact) mass is 555 g/mol. The van der Waals surface area contributed by atoms with Gasteiger partial charge in [0.2, 0.25) is 0 Å². The van der Waals surface area contributed by atoms with E-state index in [0.717, 1.165) is 12.1 Å². The summed E-state index contributed by atoms with van der Waals surface area (Å²) in [7, 11) is 0. The van der Waals surface area contributed by atoms with Crippen LogP contribution in [0.1, 0.15) is 5.69 Å². The zero-order valence-electron chi connectivity index (χ0n) is 20.8. The number of aromatic nitrogens is 1. The van der Waals surface area contributed by atoms with Crippen LogP contribution in [0, 0.1) is 6.92 Å². The van der Waals surface area contributed by atoms with Gasteiger partial charge >= 0.3 is 18.7 Å². The minimum atomic E-state index is -4.78. The summed E-state index contributed by atoms with van der Waals surface area (Å²) in [6, 6.07) is 18.9. The molecule has 0 aliphatic carbocycles. The number of rotatable bonds is 7. The van der Waals surface area contributed by atoms with Crippen LogP contribution in [0.5, 0.6) is 23.0 Å². The van der Waals surface area contributed by atoms with Crippen LogP contribution in [0.25, 0.3) is 22.0 Å². The van der Waals surface area contributed by atoms with Crippen LogP contribution in [-0.4, -0.2) is 43.0 Å². The smallest absolute Gasteiger partial charge is 0.457 e. The predicted molar refractivity (Wildman–Crippen MR) is 133 cm³/mol. The molecule has 1 saturated heterocycles. The molecular weight excluding hydrogens is 535 g/mol. The van der Waals surface area contributed by atoms with Crippen LogP contribution in [0.3, 0.4) is 0 Å². The van der Waals surface area contributed by atoms with Crippen molar-refractivity contribution in [3.05, 3.63) is 78.5 Å². The molecule has 1 aliphatic rings. The van der Waals surface area contributed by atoms with Gasteiger partial charge in [0.15, 0.2) is 11.9 Å². The summed E-state index contributed by atoms with van der Waals surface area (Å²) in [6.45, 7) is 1.50. The molecule has 5 rings (SSSR count). The minimum absolute atomic E-state index is 0.0332. The van der Waals surface area contributed by atoms with Crippen molar-refractivity contribution in [1.82, 2.24) is 4.98 Å². The van der Waals surface area contributed by atoms with Crippen LogP contribution in [-0.2, 0) is 14.2 Å². The summed E-state index contributed by atoms with van der Waals surface area (Å²) in [5.74, 6) is 0.575. The van der Waals surface area contributed by atoms with Gasteiger partial charge in [-0.15, -0.1) is 13.2 Å². The number of para-hydroxylation sites is 1. The van der Waals surface area contributed by atoms with Gasteiger partial charge in [-0.3, -0.25) is 4.98 Å². The number of nitrogens with zero attached hydrogens (tertiary/aromatic N) is 1. The zero-order chi connectivity index (χ0) is 28.3. The normalized spacial score (nSPS) is 14.8. The minimum Gasteiger partial charge on any atom is -0.457 e. The maximum Gasteiger partial charge on any atom is 0.573 e. The number of pyridine rings is 1. The van der Waals surface area contributed by atoms with Crippen molar-refractivity contribution >= 4 is 23.2 Å². The predicted octanol–water partition coefficient (Wildman–Crippen LogP) is 6.95. The topological polar surface area (TPSA) is 102 Å². The van der Waals surface area contributed by atoms with Gasteiger partial charge in [0, 0.05) is 16.6 Å². The summed E-state index contributed by atoms with van der Waals surface area (Å²) in [5.41, 5.74) is 2.36. The molecule has 0 spiro atoms. The number of alkyl halides is 3. The van der Waals surface area contributed by atoms with Crippen LogP contribution < -0.4 is 14.2 Å². The lowest BCUT2D eigenvalue weighted by molar-refractivity contribution is -0.274. The SMILES string of the molecule is Cc1nc2ccccc2c(OC(=O)OCC2COC(=O)O2)c1-c1ccc(Oc2ccc(OC(F)(F)F)cc2)cc1. The Morgan fingerprint density at radius 3 is 2.27 bits per heavy atom. The third-order valence-electron chi connectivity index (χ3n) is 5.68. The Hall–Kier alpha value is -5.00. The number of hydrogen-bond donors (Lipinski definition) is 0. The van der Waals surface area contributed by atoms with E-state index in [2.05, 4.69) is 14.5 Å². The molecule has 1 fully saturated rings. The average Bonchev–Trinajstić information content (AvgIpc) is 3.33. The van der Waals surface area contributed by atoms with Crippen LogP contribution in [0.2, 0.25) is 0 Å². The third-order valence-corrected chi connectivity index (χ3v) is 5.68. The number of cyclic esters (lactones) is 2. The van der Waals surface area contributed by atoms with Crippen LogP contribution >= 0.6 is 0 Å². The number of fused-ring (bicyclic) bond motifs is 1. The molecule has 12 heteroatoms. The van der Waals surface area contributed by atoms with Crippen molar-refractivity contribution in [3.8, 4) is 34.1 Å². The average molecular weight is 555 g/mol. The second kappa shape index (κ2) is 11.0. The van der Waals surface area contributed by atoms with E-state index in [9.17, 15) is 22.8 Å². The van der Waals surface area contributed by atoms with Crippen LogP contribution in [0.4, 0.5) is 22.8 Å². The fraction of sp³-hybridized carbons (Fsp3) is 0.179. The van der Waals surface area contributed by atoms with Crippen molar-refractivity contribution in [3.63, 3.8) is 0 Å². The molecular formula is C28H20F3NO8. The molecule has 1 aromatic heterocycles. The first-order valence-corrected chi connectivity index (χ1v) is 11.9. The summed E-state index contributed by atoms with van der Waals surface area (Å²) in [5, 5.41) is 0.567. The number of ether oxygens (including phenoxy) is 6. The largest absolute Gasteiger partial charge is 0.573 e. The lowest BCUT2D eigenvalue weighted by atomic mass is 10.00. The molecule has 1 atom stereocenters. The molecule has 0 bridgehead atoms. The molecule has 1 unspecified atom stereocenters. The number of halogens is 3. The second-order valence-corrected chi connectivity index (χ2v) is 8.53. The molecule has 1 aliphatic heterocycles. The summed E-state index contributed by atoms with van der Waals surface area (Å²) in [4.78, 5) is 28.3. The molecule has 4 aromatic rings. The molecule has 0 saturated carbocycles. The quantitative estimate of drug-likeness (QED) is 0.224. The van der Waals surface area contributed by atoms with E-state index in [-0.39, 0.29) is 24.7 Å². The lowest BCUT2D eigenvalue weighted by Crippen LogP contribution is -2.22. The van der Waals surface area contributed by atoms with E-state index < -0.39 is 24.8 Å². The van der Waals surface area contributed by atoms with Gasteiger partial charge < -0.3 is 28.4 Å². The number of carbonyl (C=O) groups excluding carboxylic acids is 2. The number of hydrogen-bond acceptors (Lipinski definition) is 9. The van der Waals surface area contributed by atoms with Crippen molar-refractivity contribution < 1.29 is 51.2 Å². The highest BCUT2D eigenvalue weighted by Crippen LogP contribution is 2.39. The van der Waals surface area contributed by atoms with Gasteiger partial charge in [0.1, 0.15) is 30.5 Å². The molecule has 0 radical (unpaired) electrons. The maximum atomic E-state index is 12.6. The maximum absolute atomic E-state index is 12.6. The van der Waals surface area contributed by atoms with E-state index in [0.29, 0.717) is 39.2 Å². The summed E-state index contributed by atoms with van der Waals surface area (Å²) in [6.07, 6.45) is -7.35. The molecule has 0 N–H and O–H groups in total. The number of benzene rings is 3. The molecule has 40 heavy (non-hydrogen) atoms. The van der Waals surface area contributed by atoms with Crippen molar-refractivity contribution in [2.24, 2.45) is 0 Å². The zero-order valence-corrected chi connectivity index (χ0v) is 20.8. The van der Waals surface area contributed by atoms with Gasteiger partial charge in [-0.25, -0.2) is 9.59 Å². The molecule has 2 heterocycles. The first kappa shape index (κ1) is 26.6. The Morgan fingerprint density at radius 1 is 0.975 bits per heavy atom. The summed E-state index contributed by atoms with van der Waals surface area (Å²) < 4.78 is 67.1. The van der Waals surface area contributed by atoms with E-state index in [1.165, 1.54) is 12.1 Å². The summed E-state index contributed by atoms with van der Waals surface area (Å²) >= 11 is 0. The standard InChI is InChI=1S/C28H20F3NO8/c1-16-24(17-6-8-18(9-7-17)37-19-10-12-20(13-11-19)40-28(29,30)31)25(22-4-2-3-5-23(22)32-16)39-27(34)36-15-21-14-35-26(33)38-21/h2-13,21H,14-15H2,1H3. The van der Waals surface area contributed by atoms with Gasteiger partial charge in [0.05, 0.1) is 5.52 Å². The van der Waals surface area contributed by atoms with Crippen molar-refractivity contribution in [2.45, 2.75) is 19.4 Å². The highest BCUT2D eigenvalue weighted by molar-refractivity contribution is 5.95. The Labute approximate surface area is 224 Å². The molecule has 206 valence electrons. The number of aryl methyl sites for hydroxylation is 1. The van der Waals surface area contributed by atoms with Crippen LogP contribution in [0.15, 0.2) is 72.8 Å². The first-order chi connectivity index (χ1) is 19.1. The Morgan fingerprint density at radius 2 is 1.62 bits per heavy atom. The highest BCUT2D eigenvalue weighted by Gasteiger charge is 2.31. The second-order valence-electron chi connectivity index (χ2n) is 8.53. The molecule has 9 nitrogen and oxygen atoms in total. The van der Waals surface area contributed by atoms with Gasteiger partial charge in [-0.1, -0.05) is 24.3 Å². The highest BCUT2D eigenvalue weighted by atomic mass is 19.4. The Bertz CT molecular complexity index is 1540. The lowest BCUT2D eigenvalue weighted by Gasteiger charge is -2.16. The first-order valence-electron chi connectivity index (χ1n) is 11.9. The molecule has 3 aromatic carbocycles. The van der Waals surface area contributed by atoms with E-state index in [1.807, 2.05) is 0 Å². The van der Waals surface area contributed by atoms with Gasteiger partial charge in [-0.2, -0.15) is 0 Å². The number of carbonyl (C=O) groups is 2. The van der Waals surface area contributed by atoms with E-state index in [4.69, 9.17) is 18.9 Å². The Kier molecular flexibility index (Phi) is 7.32. The Balaban J connectivity index is 1.37. The van der Waals surface area contributed by atoms with Crippen molar-refractivity contribution in [2.75, 3.05) is 13.2 Å². The van der Waals surface area contributed by atoms with Gasteiger partial charge in [0.25, 0.3) is 0 Å². The van der Waals surface area contributed by atoms with E-state index >= 15 is 0 Å². The van der Waals surface area contributed by atoms with Crippen molar-refractivity contribution in [1.29, 1.82) is 0 Å². The molecule has 0 amide bonds. The fourth-order valence-electron chi connectivity index (χ4n) is 4.00. The third kappa shape index (κ3) is 6.34. The fourth-order valence-corrected chi connectivity index (χ4v) is 4.00. The van der Waals surface area contributed by atoms with E-state index in [1.54, 1.807) is 55.5 Å². The van der Waals surface area contributed by atoms with Gasteiger partial charge in [-0.05, 0) is 61.0 Å².